The van der Waals surface area contributed by atoms with Crippen LogP contribution in [-0.4, -0.2) is 26.3 Å². The lowest BCUT2D eigenvalue weighted by atomic mass is 10.0. The van der Waals surface area contributed by atoms with Crippen molar-refractivity contribution in [1.82, 2.24) is 0 Å². The third-order valence-electron chi connectivity index (χ3n) is 4.24. The average Bonchev–Trinajstić information content (AvgIpc) is 2.56. The summed E-state index contributed by atoms with van der Waals surface area (Å²) in [6, 6.07) is 0. The number of unbranched alkanes of at least 4 members (excludes halogenated alkanes) is 12. The van der Waals surface area contributed by atoms with E-state index in [4.69, 9.17) is 9.47 Å². The van der Waals surface area contributed by atoms with Gasteiger partial charge in [0.25, 0.3) is 0 Å². The zero-order chi connectivity index (χ0) is 17.0. The van der Waals surface area contributed by atoms with Crippen molar-refractivity contribution in [3.8, 4) is 0 Å². The molecule has 0 aromatic carbocycles. The highest BCUT2D eigenvalue weighted by Gasteiger charge is 2.02. The molecular formula is C20H40O3. The Kier molecular flexibility index (Phi) is 19.0. The van der Waals surface area contributed by atoms with Crippen molar-refractivity contribution < 1.29 is 14.3 Å². The Balaban J connectivity index is 3.08. The highest BCUT2D eigenvalue weighted by atomic mass is 16.5. The van der Waals surface area contributed by atoms with Crippen LogP contribution in [0.15, 0.2) is 0 Å². The number of hydrogen-bond donors (Lipinski definition) is 0. The number of hydrogen-bond acceptors (Lipinski definition) is 3. The Morgan fingerprint density at radius 3 is 1.61 bits per heavy atom. The fourth-order valence-electron chi connectivity index (χ4n) is 2.75. The summed E-state index contributed by atoms with van der Waals surface area (Å²) >= 11 is 0. The van der Waals surface area contributed by atoms with Crippen LogP contribution in [0.4, 0.5) is 0 Å². The first kappa shape index (κ1) is 22.4. The Labute approximate surface area is 144 Å². The molecule has 0 radical (unpaired) electrons. The molecule has 0 aliphatic rings. The fourth-order valence-corrected chi connectivity index (χ4v) is 2.75. The molecule has 0 fully saturated rings. The second-order valence-corrected chi connectivity index (χ2v) is 6.56. The van der Waals surface area contributed by atoms with Crippen LogP contribution in [-0.2, 0) is 14.3 Å². The summed E-state index contributed by atoms with van der Waals surface area (Å²) in [6.07, 6.45) is 18.6. The normalized spacial score (nSPS) is 10.9. The van der Waals surface area contributed by atoms with E-state index < -0.39 is 0 Å². The lowest BCUT2D eigenvalue weighted by Crippen LogP contribution is -2.07. The molecule has 3 heteroatoms. The number of carbonyl (C=O) groups is 1. The Hall–Kier alpha value is -0.570. The molecule has 0 aliphatic carbocycles. The molecule has 0 saturated carbocycles. The number of esters is 1. The van der Waals surface area contributed by atoms with E-state index in [2.05, 4.69) is 6.92 Å². The molecular weight excluding hydrogens is 288 g/mol. The zero-order valence-electron chi connectivity index (χ0n) is 15.7. The second-order valence-electron chi connectivity index (χ2n) is 6.56. The molecule has 0 atom stereocenters. The van der Waals surface area contributed by atoms with E-state index in [0.717, 1.165) is 19.3 Å². The summed E-state index contributed by atoms with van der Waals surface area (Å²) < 4.78 is 10.0. The monoisotopic (exact) mass is 328 g/mol. The fraction of sp³-hybridized carbons (Fsp3) is 0.950. The van der Waals surface area contributed by atoms with Gasteiger partial charge in [-0.2, -0.15) is 0 Å². The quantitative estimate of drug-likeness (QED) is 0.227. The minimum Gasteiger partial charge on any atom is -0.466 e. The number of carbonyl (C=O) groups excluding carboxylic acids is 1. The summed E-state index contributed by atoms with van der Waals surface area (Å²) in [4.78, 5) is 11.4. The molecule has 0 unspecified atom stereocenters. The molecule has 0 heterocycles. The lowest BCUT2D eigenvalue weighted by Gasteiger charge is -2.05. The van der Waals surface area contributed by atoms with Crippen LogP contribution in [0.25, 0.3) is 0 Å². The SMILES string of the molecule is CCCCCCCCCCCCCCCC(=O)OCCCOC. The van der Waals surface area contributed by atoms with Crippen molar-refractivity contribution in [2.24, 2.45) is 0 Å². The molecule has 0 rings (SSSR count). The predicted octanol–water partition coefficient (Wildman–Crippen LogP) is 6.05. The van der Waals surface area contributed by atoms with Crippen molar-refractivity contribution >= 4 is 5.97 Å². The van der Waals surface area contributed by atoms with Gasteiger partial charge in [0.15, 0.2) is 0 Å². The van der Waals surface area contributed by atoms with E-state index in [1.54, 1.807) is 7.11 Å². The van der Waals surface area contributed by atoms with E-state index >= 15 is 0 Å². The zero-order valence-corrected chi connectivity index (χ0v) is 15.7. The van der Waals surface area contributed by atoms with Crippen LogP contribution in [0.3, 0.4) is 0 Å². The number of methoxy groups -OCH3 is 1. The second kappa shape index (κ2) is 19.5. The number of ether oxygens (including phenoxy) is 2. The van der Waals surface area contributed by atoms with Gasteiger partial charge in [-0.1, -0.05) is 84.0 Å². The van der Waals surface area contributed by atoms with Crippen LogP contribution in [0, 0.1) is 0 Å². The summed E-state index contributed by atoms with van der Waals surface area (Å²) in [5, 5.41) is 0. The molecule has 3 nitrogen and oxygen atoms in total. The highest BCUT2D eigenvalue weighted by molar-refractivity contribution is 5.69. The van der Waals surface area contributed by atoms with Crippen molar-refractivity contribution in [2.45, 2.75) is 103 Å². The largest absolute Gasteiger partial charge is 0.466 e. The van der Waals surface area contributed by atoms with Crippen molar-refractivity contribution in [3.05, 3.63) is 0 Å². The van der Waals surface area contributed by atoms with Gasteiger partial charge in [-0.15, -0.1) is 0 Å². The maximum Gasteiger partial charge on any atom is 0.305 e. The molecule has 138 valence electrons. The van der Waals surface area contributed by atoms with Gasteiger partial charge in [0.1, 0.15) is 0 Å². The van der Waals surface area contributed by atoms with Crippen molar-refractivity contribution in [3.63, 3.8) is 0 Å². The van der Waals surface area contributed by atoms with Crippen LogP contribution >= 0.6 is 0 Å². The standard InChI is InChI=1S/C20H40O3/c1-3-4-5-6-7-8-9-10-11-12-13-14-15-17-20(21)23-19-16-18-22-2/h3-19H2,1-2H3. The van der Waals surface area contributed by atoms with Gasteiger partial charge in [0, 0.05) is 26.6 Å². The lowest BCUT2D eigenvalue weighted by molar-refractivity contribution is -0.144. The van der Waals surface area contributed by atoms with Gasteiger partial charge in [0.2, 0.25) is 0 Å². The maximum absolute atomic E-state index is 11.4. The topological polar surface area (TPSA) is 35.5 Å². The molecule has 0 aromatic rings. The first-order chi connectivity index (χ1) is 11.3. The highest BCUT2D eigenvalue weighted by Crippen LogP contribution is 2.13. The first-order valence-electron chi connectivity index (χ1n) is 9.95. The van der Waals surface area contributed by atoms with E-state index in [1.807, 2.05) is 0 Å². The maximum atomic E-state index is 11.4. The van der Waals surface area contributed by atoms with Crippen LogP contribution in [0.1, 0.15) is 103 Å². The first-order valence-corrected chi connectivity index (χ1v) is 9.95. The summed E-state index contributed by atoms with van der Waals surface area (Å²) in [6.45, 7) is 3.42. The summed E-state index contributed by atoms with van der Waals surface area (Å²) in [5.41, 5.74) is 0. The van der Waals surface area contributed by atoms with Gasteiger partial charge in [-0.3, -0.25) is 4.79 Å². The molecule has 0 saturated heterocycles. The molecule has 0 bridgehead atoms. The van der Waals surface area contributed by atoms with E-state index in [1.165, 1.54) is 70.6 Å². The van der Waals surface area contributed by atoms with Gasteiger partial charge < -0.3 is 9.47 Å². The molecule has 0 N–H and O–H groups in total. The van der Waals surface area contributed by atoms with Crippen LogP contribution < -0.4 is 0 Å². The smallest absolute Gasteiger partial charge is 0.305 e. The van der Waals surface area contributed by atoms with E-state index in [9.17, 15) is 4.79 Å². The molecule has 23 heavy (non-hydrogen) atoms. The minimum absolute atomic E-state index is 0.0517. The van der Waals surface area contributed by atoms with E-state index in [-0.39, 0.29) is 5.97 Å². The predicted molar refractivity (Wildman–Crippen MR) is 97.8 cm³/mol. The Morgan fingerprint density at radius 2 is 1.13 bits per heavy atom. The van der Waals surface area contributed by atoms with Gasteiger partial charge in [-0.25, -0.2) is 0 Å². The molecule has 0 aliphatic heterocycles. The van der Waals surface area contributed by atoms with Crippen LogP contribution in [0.5, 0.6) is 0 Å². The molecule has 0 amide bonds. The average molecular weight is 329 g/mol. The van der Waals surface area contributed by atoms with Gasteiger partial charge in [0.05, 0.1) is 6.61 Å². The molecule has 0 spiro atoms. The number of rotatable bonds is 18. The molecule has 0 aromatic heterocycles. The van der Waals surface area contributed by atoms with Gasteiger partial charge >= 0.3 is 5.97 Å². The van der Waals surface area contributed by atoms with Crippen LogP contribution in [0.2, 0.25) is 0 Å². The van der Waals surface area contributed by atoms with Crippen molar-refractivity contribution in [2.75, 3.05) is 20.3 Å². The Morgan fingerprint density at radius 1 is 0.652 bits per heavy atom. The summed E-state index contributed by atoms with van der Waals surface area (Å²) in [7, 11) is 1.66. The van der Waals surface area contributed by atoms with E-state index in [0.29, 0.717) is 19.6 Å². The summed E-state index contributed by atoms with van der Waals surface area (Å²) in [5.74, 6) is -0.0517. The third-order valence-corrected chi connectivity index (χ3v) is 4.24. The van der Waals surface area contributed by atoms with Crippen molar-refractivity contribution in [1.29, 1.82) is 0 Å². The Bertz CT molecular complexity index is 241. The third kappa shape index (κ3) is 19.4. The van der Waals surface area contributed by atoms with Gasteiger partial charge in [-0.05, 0) is 6.42 Å². The minimum atomic E-state index is -0.0517.